The van der Waals surface area contributed by atoms with Crippen molar-refractivity contribution < 1.29 is 0 Å². The Morgan fingerprint density at radius 2 is 2.46 bits per heavy atom. The van der Waals surface area contributed by atoms with Crippen LogP contribution in [0.2, 0.25) is 0 Å². The predicted molar refractivity (Wildman–Crippen MR) is 57.2 cm³/mol. The average Bonchev–Trinajstić information content (AvgIpc) is 2.54. The maximum absolute atomic E-state index is 5.58. The van der Waals surface area contributed by atoms with Crippen LogP contribution >= 0.6 is 23.4 Å². The van der Waals surface area contributed by atoms with Gasteiger partial charge in [-0.05, 0) is 6.42 Å². The normalized spacial score (nSPS) is 10.6. The molecule has 0 atom stereocenters. The van der Waals surface area contributed by atoms with Gasteiger partial charge >= 0.3 is 0 Å². The van der Waals surface area contributed by atoms with Crippen molar-refractivity contribution in [2.75, 3.05) is 11.6 Å². The van der Waals surface area contributed by atoms with E-state index in [-0.39, 0.29) is 0 Å². The Bertz CT molecular complexity index is 239. The topological polar surface area (TPSA) is 30.7 Å². The molecule has 0 unspecified atom stereocenters. The van der Waals surface area contributed by atoms with Crippen molar-refractivity contribution >= 4 is 23.4 Å². The molecule has 13 heavy (non-hydrogen) atoms. The summed E-state index contributed by atoms with van der Waals surface area (Å²) in [6, 6.07) is 0. The van der Waals surface area contributed by atoms with E-state index in [0.717, 1.165) is 30.3 Å². The zero-order valence-electron chi connectivity index (χ0n) is 7.74. The smallest absolute Gasteiger partial charge is 0.138 e. The molecule has 1 aromatic rings. The van der Waals surface area contributed by atoms with Gasteiger partial charge in [0.25, 0.3) is 0 Å². The molecule has 0 spiro atoms. The van der Waals surface area contributed by atoms with Gasteiger partial charge in [-0.3, -0.25) is 0 Å². The Labute approximate surface area is 87.9 Å². The highest BCUT2D eigenvalue weighted by Crippen LogP contribution is 2.09. The zero-order valence-corrected chi connectivity index (χ0v) is 9.31. The molecule has 0 bridgehead atoms. The number of alkyl halides is 1. The van der Waals surface area contributed by atoms with Gasteiger partial charge in [0.15, 0.2) is 0 Å². The van der Waals surface area contributed by atoms with Crippen molar-refractivity contribution in [3.8, 4) is 0 Å². The van der Waals surface area contributed by atoms with Crippen LogP contribution in [0.5, 0.6) is 0 Å². The van der Waals surface area contributed by atoms with Crippen LogP contribution in [0.15, 0.2) is 6.33 Å². The second kappa shape index (κ2) is 6.27. The third kappa shape index (κ3) is 3.56. The van der Waals surface area contributed by atoms with E-state index in [1.807, 2.05) is 4.68 Å². The first-order chi connectivity index (χ1) is 6.38. The quantitative estimate of drug-likeness (QED) is 0.543. The summed E-state index contributed by atoms with van der Waals surface area (Å²) < 4.78 is 1.96. The van der Waals surface area contributed by atoms with Gasteiger partial charge in [0.2, 0.25) is 0 Å². The Morgan fingerprint density at radius 3 is 3.15 bits per heavy atom. The van der Waals surface area contributed by atoms with E-state index < -0.39 is 0 Å². The number of nitrogens with zero attached hydrogens (tertiary/aromatic N) is 3. The largest absolute Gasteiger partial charge is 0.249 e. The van der Waals surface area contributed by atoms with Crippen LogP contribution in [0, 0.1) is 0 Å². The van der Waals surface area contributed by atoms with Crippen molar-refractivity contribution in [2.24, 2.45) is 0 Å². The molecule has 0 amide bonds. The van der Waals surface area contributed by atoms with Crippen molar-refractivity contribution in [2.45, 2.75) is 25.6 Å². The van der Waals surface area contributed by atoms with Crippen LogP contribution < -0.4 is 0 Å². The summed E-state index contributed by atoms with van der Waals surface area (Å²) in [4.78, 5) is 4.19. The summed E-state index contributed by atoms with van der Waals surface area (Å²) in [6.07, 6.45) is 2.71. The SMILES string of the molecule is CCCn1ncnc1CSCCCl. The first-order valence-corrected chi connectivity index (χ1v) is 6.07. The number of rotatable bonds is 6. The minimum atomic E-state index is 0.701. The standard InChI is InChI=1S/C8H14ClN3S/c1-2-4-12-8(10-7-11-12)6-13-5-3-9/h7H,2-6H2,1H3. The van der Waals surface area contributed by atoms with Crippen LogP contribution in [0.1, 0.15) is 19.2 Å². The average molecular weight is 220 g/mol. The van der Waals surface area contributed by atoms with E-state index in [1.165, 1.54) is 0 Å². The molecular weight excluding hydrogens is 206 g/mol. The molecule has 0 aliphatic carbocycles. The highest BCUT2D eigenvalue weighted by Gasteiger charge is 2.02. The maximum Gasteiger partial charge on any atom is 0.138 e. The zero-order chi connectivity index (χ0) is 9.52. The van der Waals surface area contributed by atoms with Gasteiger partial charge in [-0.15, -0.1) is 11.6 Å². The lowest BCUT2D eigenvalue weighted by Crippen LogP contribution is -2.04. The van der Waals surface area contributed by atoms with E-state index in [4.69, 9.17) is 11.6 Å². The second-order valence-corrected chi connectivity index (χ2v) is 4.12. The lowest BCUT2D eigenvalue weighted by atomic mass is 10.5. The monoisotopic (exact) mass is 219 g/mol. The van der Waals surface area contributed by atoms with Gasteiger partial charge in [0.1, 0.15) is 12.2 Å². The number of aromatic nitrogens is 3. The number of hydrogen-bond donors (Lipinski definition) is 0. The van der Waals surface area contributed by atoms with Crippen LogP contribution in [-0.2, 0) is 12.3 Å². The van der Waals surface area contributed by atoms with Gasteiger partial charge in [-0.2, -0.15) is 16.9 Å². The lowest BCUT2D eigenvalue weighted by Gasteiger charge is -2.02. The molecule has 0 saturated heterocycles. The van der Waals surface area contributed by atoms with Crippen LogP contribution in [0.3, 0.4) is 0 Å². The van der Waals surface area contributed by atoms with E-state index in [9.17, 15) is 0 Å². The molecule has 0 N–H and O–H groups in total. The number of aryl methyl sites for hydroxylation is 1. The summed E-state index contributed by atoms with van der Waals surface area (Å²) >= 11 is 7.37. The van der Waals surface area contributed by atoms with Gasteiger partial charge in [0.05, 0.1) is 5.75 Å². The maximum atomic E-state index is 5.58. The molecule has 1 aromatic heterocycles. The highest BCUT2D eigenvalue weighted by molar-refractivity contribution is 7.98. The Kier molecular flexibility index (Phi) is 5.23. The Balaban J connectivity index is 2.40. The Morgan fingerprint density at radius 1 is 1.62 bits per heavy atom. The molecular formula is C8H14ClN3S. The molecule has 1 rings (SSSR count). The van der Waals surface area contributed by atoms with E-state index >= 15 is 0 Å². The summed E-state index contributed by atoms with van der Waals surface area (Å²) in [5, 5.41) is 4.14. The molecule has 1 heterocycles. The fourth-order valence-corrected chi connectivity index (χ4v) is 2.00. The minimum Gasteiger partial charge on any atom is -0.249 e. The summed E-state index contributed by atoms with van der Waals surface area (Å²) in [6.45, 7) is 3.09. The minimum absolute atomic E-state index is 0.701. The predicted octanol–water partition coefficient (Wildman–Crippen LogP) is 2.16. The van der Waals surface area contributed by atoms with Crippen molar-refractivity contribution in [3.63, 3.8) is 0 Å². The van der Waals surface area contributed by atoms with Gasteiger partial charge in [-0.1, -0.05) is 6.92 Å². The lowest BCUT2D eigenvalue weighted by molar-refractivity contribution is 0.581. The second-order valence-electron chi connectivity index (χ2n) is 2.64. The van der Waals surface area contributed by atoms with Crippen LogP contribution in [0.25, 0.3) is 0 Å². The molecule has 0 radical (unpaired) electrons. The van der Waals surface area contributed by atoms with E-state index in [0.29, 0.717) is 5.88 Å². The third-order valence-corrected chi connectivity index (χ3v) is 2.95. The first kappa shape index (κ1) is 10.9. The molecule has 0 saturated carbocycles. The highest BCUT2D eigenvalue weighted by atomic mass is 35.5. The number of thioether (sulfide) groups is 1. The van der Waals surface area contributed by atoms with Crippen LogP contribution in [0.4, 0.5) is 0 Å². The fraction of sp³-hybridized carbons (Fsp3) is 0.750. The first-order valence-electron chi connectivity index (χ1n) is 4.39. The Hall–Kier alpha value is -0.220. The number of halogens is 1. The van der Waals surface area contributed by atoms with E-state index in [1.54, 1.807) is 18.1 Å². The van der Waals surface area contributed by atoms with Crippen LogP contribution in [-0.4, -0.2) is 26.4 Å². The summed E-state index contributed by atoms with van der Waals surface area (Å²) in [5.74, 6) is 3.64. The molecule has 0 aromatic carbocycles. The van der Waals surface area contributed by atoms with Gasteiger partial charge < -0.3 is 0 Å². The fourth-order valence-electron chi connectivity index (χ4n) is 1.02. The molecule has 0 aliphatic heterocycles. The van der Waals surface area contributed by atoms with Gasteiger partial charge in [-0.25, -0.2) is 9.67 Å². The third-order valence-electron chi connectivity index (χ3n) is 1.58. The van der Waals surface area contributed by atoms with Crippen molar-refractivity contribution in [3.05, 3.63) is 12.2 Å². The molecule has 74 valence electrons. The molecule has 5 heteroatoms. The molecule has 0 aliphatic rings. The number of hydrogen-bond acceptors (Lipinski definition) is 3. The summed E-state index contributed by atoms with van der Waals surface area (Å²) in [5.41, 5.74) is 0. The van der Waals surface area contributed by atoms with E-state index in [2.05, 4.69) is 17.0 Å². The van der Waals surface area contributed by atoms with Crippen molar-refractivity contribution in [1.82, 2.24) is 14.8 Å². The van der Waals surface area contributed by atoms with Gasteiger partial charge in [0, 0.05) is 18.2 Å². The molecule has 0 fully saturated rings. The summed E-state index contributed by atoms with van der Waals surface area (Å²) in [7, 11) is 0. The van der Waals surface area contributed by atoms with Crippen molar-refractivity contribution in [1.29, 1.82) is 0 Å². The molecule has 3 nitrogen and oxygen atoms in total.